The highest BCUT2D eigenvalue weighted by Crippen LogP contribution is 2.25. The largest absolute Gasteiger partial charge is 0.361 e. The van der Waals surface area contributed by atoms with Crippen LogP contribution in [0.2, 0.25) is 0 Å². The number of para-hydroxylation sites is 1. The molecule has 4 aromatic rings. The number of imidazole rings is 1. The quantitative estimate of drug-likeness (QED) is 0.437. The van der Waals surface area contributed by atoms with E-state index in [2.05, 4.69) is 32.6 Å². The van der Waals surface area contributed by atoms with Gasteiger partial charge in [-0.3, -0.25) is 5.43 Å². The third-order valence-corrected chi connectivity index (χ3v) is 3.95. The minimum Gasteiger partial charge on any atom is -0.361 e. The molecular formula is C19H17N5. The molecule has 2 heterocycles. The van der Waals surface area contributed by atoms with Gasteiger partial charge in [-0.2, -0.15) is 5.10 Å². The van der Waals surface area contributed by atoms with E-state index in [0.717, 1.165) is 16.6 Å². The van der Waals surface area contributed by atoms with Gasteiger partial charge in [-0.25, -0.2) is 4.98 Å². The van der Waals surface area contributed by atoms with Crippen LogP contribution in [0, 0.1) is 0 Å². The van der Waals surface area contributed by atoms with Crippen LogP contribution < -0.4 is 5.43 Å². The zero-order valence-corrected chi connectivity index (χ0v) is 13.0. The molecule has 0 amide bonds. The Morgan fingerprint density at radius 3 is 2.75 bits per heavy atom. The molecular weight excluding hydrogens is 298 g/mol. The number of rotatable bonds is 5. The van der Waals surface area contributed by atoms with E-state index in [9.17, 15) is 0 Å². The zero-order valence-electron chi connectivity index (χ0n) is 13.0. The zero-order chi connectivity index (χ0) is 16.2. The topological polar surface area (TPSA) is 58.0 Å². The molecule has 0 saturated heterocycles. The molecule has 5 nitrogen and oxygen atoms in total. The molecule has 0 aliphatic carbocycles. The molecule has 24 heavy (non-hydrogen) atoms. The van der Waals surface area contributed by atoms with E-state index in [0.29, 0.717) is 0 Å². The molecule has 0 bridgehead atoms. The van der Waals surface area contributed by atoms with E-state index in [1.54, 1.807) is 12.5 Å². The van der Waals surface area contributed by atoms with Gasteiger partial charge in [-0.15, -0.1) is 0 Å². The lowest BCUT2D eigenvalue weighted by molar-refractivity contribution is 0.487. The Morgan fingerprint density at radius 2 is 1.92 bits per heavy atom. The maximum Gasteiger partial charge on any atom is 0.148 e. The van der Waals surface area contributed by atoms with Gasteiger partial charge in [0.05, 0.1) is 12.5 Å². The van der Waals surface area contributed by atoms with Crippen molar-refractivity contribution in [1.82, 2.24) is 20.0 Å². The van der Waals surface area contributed by atoms with Crippen LogP contribution in [0.25, 0.3) is 10.9 Å². The second-order valence-electron chi connectivity index (χ2n) is 5.50. The lowest BCUT2D eigenvalue weighted by Gasteiger charge is -2.17. The lowest BCUT2D eigenvalue weighted by atomic mass is 10.1. The Morgan fingerprint density at radius 1 is 1.08 bits per heavy atom. The SMILES string of the molecule is C(=NNC(c1c[nH]c2ccccc12)n1ccnc1)c1ccccc1. The molecule has 0 fully saturated rings. The van der Waals surface area contributed by atoms with E-state index in [1.165, 1.54) is 5.39 Å². The van der Waals surface area contributed by atoms with Crippen LogP contribution in [-0.4, -0.2) is 20.7 Å². The Hall–Kier alpha value is -3.34. The van der Waals surface area contributed by atoms with Crippen molar-refractivity contribution >= 4 is 17.1 Å². The Bertz CT molecular complexity index is 938. The monoisotopic (exact) mass is 315 g/mol. The molecule has 2 N–H and O–H groups in total. The highest BCUT2D eigenvalue weighted by atomic mass is 15.4. The van der Waals surface area contributed by atoms with Gasteiger partial charge >= 0.3 is 0 Å². The van der Waals surface area contributed by atoms with Crippen LogP contribution in [0.15, 0.2) is 84.6 Å². The van der Waals surface area contributed by atoms with Crippen LogP contribution in [0.3, 0.4) is 0 Å². The molecule has 0 spiro atoms. The number of fused-ring (bicyclic) bond motifs is 1. The lowest BCUT2D eigenvalue weighted by Crippen LogP contribution is -2.22. The standard InChI is InChI=1S/C19H17N5/c1-2-6-15(7-3-1)12-22-23-19(24-11-10-20-14-24)17-13-21-18-9-5-4-8-16(17)18/h1-14,19,21,23H. The summed E-state index contributed by atoms with van der Waals surface area (Å²) in [6.45, 7) is 0. The number of nitrogens with one attached hydrogen (secondary N) is 2. The van der Waals surface area contributed by atoms with Gasteiger partial charge in [0, 0.05) is 35.1 Å². The number of hydrogen-bond acceptors (Lipinski definition) is 3. The molecule has 5 heteroatoms. The van der Waals surface area contributed by atoms with Gasteiger partial charge in [0.15, 0.2) is 0 Å². The molecule has 0 aliphatic heterocycles. The molecule has 0 saturated carbocycles. The smallest absolute Gasteiger partial charge is 0.148 e. The van der Waals surface area contributed by atoms with Gasteiger partial charge in [0.25, 0.3) is 0 Å². The molecule has 0 aliphatic rings. The first kappa shape index (κ1) is 14.3. The van der Waals surface area contributed by atoms with Gasteiger partial charge < -0.3 is 9.55 Å². The van der Waals surface area contributed by atoms with Crippen LogP contribution >= 0.6 is 0 Å². The summed E-state index contributed by atoms with van der Waals surface area (Å²) in [6, 6.07) is 18.2. The molecule has 2 aromatic heterocycles. The maximum atomic E-state index is 4.42. The van der Waals surface area contributed by atoms with Crippen molar-refractivity contribution in [1.29, 1.82) is 0 Å². The van der Waals surface area contributed by atoms with E-state index < -0.39 is 0 Å². The second-order valence-corrected chi connectivity index (χ2v) is 5.50. The average molecular weight is 315 g/mol. The number of H-pyrrole nitrogens is 1. The van der Waals surface area contributed by atoms with E-state index in [-0.39, 0.29) is 6.17 Å². The van der Waals surface area contributed by atoms with Crippen LogP contribution in [0.5, 0.6) is 0 Å². The summed E-state index contributed by atoms with van der Waals surface area (Å²) in [5.74, 6) is 0. The van der Waals surface area contributed by atoms with Crippen LogP contribution in [0.1, 0.15) is 17.3 Å². The van der Waals surface area contributed by atoms with Crippen molar-refractivity contribution in [2.75, 3.05) is 0 Å². The number of hydrogen-bond donors (Lipinski definition) is 2. The third kappa shape index (κ3) is 2.79. The molecule has 4 rings (SSSR count). The van der Waals surface area contributed by atoms with Gasteiger partial charge in [0.2, 0.25) is 0 Å². The summed E-state index contributed by atoms with van der Waals surface area (Å²) in [6.07, 6.45) is 9.18. The second kappa shape index (κ2) is 6.42. The van der Waals surface area contributed by atoms with E-state index >= 15 is 0 Å². The van der Waals surface area contributed by atoms with Gasteiger partial charge in [-0.05, 0) is 11.6 Å². The van der Waals surface area contributed by atoms with Crippen LogP contribution in [-0.2, 0) is 0 Å². The molecule has 118 valence electrons. The Labute approximate surface area is 139 Å². The van der Waals surface area contributed by atoms with Gasteiger partial charge in [-0.1, -0.05) is 48.5 Å². The van der Waals surface area contributed by atoms with Crippen molar-refractivity contribution in [2.24, 2.45) is 5.10 Å². The number of nitrogens with zero attached hydrogens (tertiary/aromatic N) is 3. The summed E-state index contributed by atoms with van der Waals surface area (Å²) in [4.78, 5) is 7.47. The first-order valence-electron chi connectivity index (χ1n) is 7.79. The first-order valence-corrected chi connectivity index (χ1v) is 7.79. The predicted molar refractivity (Wildman–Crippen MR) is 95.8 cm³/mol. The Kier molecular flexibility index (Phi) is 3.81. The summed E-state index contributed by atoms with van der Waals surface area (Å²) in [5.41, 5.74) is 6.51. The number of aromatic amines is 1. The normalized spacial score (nSPS) is 12.7. The number of aromatic nitrogens is 3. The van der Waals surface area contributed by atoms with Crippen LogP contribution in [0.4, 0.5) is 0 Å². The molecule has 0 radical (unpaired) electrons. The highest BCUT2D eigenvalue weighted by Gasteiger charge is 2.16. The van der Waals surface area contributed by atoms with Crippen molar-refractivity contribution < 1.29 is 0 Å². The first-order chi connectivity index (χ1) is 11.9. The number of benzene rings is 2. The summed E-state index contributed by atoms with van der Waals surface area (Å²) >= 11 is 0. The Balaban J connectivity index is 1.67. The van der Waals surface area contributed by atoms with E-state index in [1.807, 2.05) is 65.6 Å². The summed E-state index contributed by atoms with van der Waals surface area (Å²) in [5, 5.41) is 5.59. The highest BCUT2D eigenvalue weighted by molar-refractivity contribution is 5.83. The van der Waals surface area contributed by atoms with Crippen molar-refractivity contribution in [3.8, 4) is 0 Å². The van der Waals surface area contributed by atoms with Crippen molar-refractivity contribution in [3.63, 3.8) is 0 Å². The van der Waals surface area contributed by atoms with Gasteiger partial charge in [0.1, 0.15) is 6.17 Å². The van der Waals surface area contributed by atoms with Crippen molar-refractivity contribution in [2.45, 2.75) is 6.17 Å². The fourth-order valence-electron chi connectivity index (χ4n) is 2.76. The maximum absolute atomic E-state index is 4.42. The fourth-order valence-corrected chi connectivity index (χ4v) is 2.76. The van der Waals surface area contributed by atoms with E-state index in [4.69, 9.17) is 0 Å². The summed E-state index contributed by atoms with van der Waals surface area (Å²) in [7, 11) is 0. The molecule has 1 unspecified atom stereocenters. The molecule has 2 aromatic carbocycles. The fraction of sp³-hybridized carbons (Fsp3) is 0.0526. The molecule has 1 atom stereocenters. The number of hydrazone groups is 1. The third-order valence-electron chi connectivity index (χ3n) is 3.95. The minimum absolute atomic E-state index is 0.136. The minimum atomic E-state index is -0.136. The van der Waals surface area contributed by atoms with Crippen molar-refractivity contribution in [3.05, 3.63) is 90.6 Å². The average Bonchev–Trinajstić information content (AvgIpc) is 3.30. The predicted octanol–water partition coefficient (Wildman–Crippen LogP) is 3.54. The summed E-state index contributed by atoms with van der Waals surface area (Å²) < 4.78 is 2.00.